The maximum atomic E-state index is 15.1. The van der Waals surface area contributed by atoms with Gasteiger partial charge in [-0.05, 0) is 36.8 Å². The summed E-state index contributed by atoms with van der Waals surface area (Å²) < 4.78 is 89.5. The molecule has 9 nitrogen and oxygen atoms in total. The van der Waals surface area contributed by atoms with Crippen LogP contribution in [0, 0.1) is 11.6 Å². The summed E-state index contributed by atoms with van der Waals surface area (Å²) in [5.74, 6) is -2.49. The van der Waals surface area contributed by atoms with Gasteiger partial charge in [-0.3, -0.25) is 9.36 Å². The van der Waals surface area contributed by atoms with Crippen molar-refractivity contribution < 1.29 is 41.3 Å². The third kappa shape index (κ3) is 5.69. The third-order valence-corrected chi connectivity index (χ3v) is 6.82. The van der Waals surface area contributed by atoms with E-state index in [4.69, 9.17) is 25.8 Å². The van der Waals surface area contributed by atoms with Crippen molar-refractivity contribution in [3.63, 3.8) is 0 Å². The zero-order chi connectivity index (χ0) is 30.8. The fourth-order valence-corrected chi connectivity index (χ4v) is 4.62. The van der Waals surface area contributed by atoms with Crippen molar-refractivity contribution in [3.05, 3.63) is 81.4 Å². The highest BCUT2D eigenvalue weighted by Crippen LogP contribution is 2.46. The smallest absolute Gasteiger partial charge is 0.421 e. The van der Waals surface area contributed by atoms with Gasteiger partial charge in [-0.2, -0.15) is 13.2 Å². The number of rotatable bonds is 10. The largest absolute Gasteiger partial charge is 0.494 e. The number of aliphatic hydroxyl groups is 1. The van der Waals surface area contributed by atoms with E-state index in [-0.39, 0.29) is 40.6 Å². The van der Waals surface area contributed by atoms with Crippen LogP contribution in [0.5, 0.6) is 11.8 Å². The van der Waals surface area contributed by atoms with Crippen molar-refractivity contribution in [3.8, 4) is 17.4 Å². The minimum absolute atomic E-state index is 0.00671. The van der Waals surface area contributed by atoms with Crippen LogP contribution in [0.25, 0.3) is 16.6 Å². The first-order valence-electron chi connectivity index (χ1n) is 12.2. The number of halogens is 6. The van der Waals surface area contributed by atoms with Crippen LogP contribution in [0.1, 0.15) is 18.5 Å². The van der Waals surface area contributed by atoms with Crippen molar-refractivity contribution in [1.82, 2.24) is 14.5 Å². The number of fused-ring (bicyclic) bond motifs is 1. The van der Waals surface area contributed by atoms with Crippen LogP contribution in [-0.4, -0.2) is 58.9 Å². The Labute approximate surface area is 240 Å². The van der Waals surface area contributed by atoms with E-state index in [1.165, 1.54) is 32.5 Å². The van der Waals surface area contributed by atoms with Gasteiger partial charge >= 0.3 is 12.2 Å². The van der Waals surface area contributed by atoms with Crippen LogP contribution in [0.3, 0.4) is 0 Å². The zero-order valence-corrected chi connectivity index (χ0v) is 23.1. The van der Waals surface area contributed by atoms with E-state index in [0.717, 1.165) is 42.0 Å². The normalized spacial score (nSPS) is 14.0. The van der Waals surface area contributed by atoms with Gasteiger partial charge in [-0.1, -0.05) is 17.7 Å². The summed E-state index contributed by atoms with van der Waals surface area (Å²) in [6.07, 6.45) is -2.89. The molecule has 0 radical (unpaired) electrons. The highest BCUT2D eigenvalue weighted by atomic mass is 35.5. The lowest BCUT2D eigenvalue weighted by atomic mass is 9.87. The number of nitrogens with zero attached hydrogens (tertiary/aromatic N) is 3. The summed E-state index contributed by atoms with van der Waals surface area (Å²) in [5, 5.41) is 12.9. The summed E-state index contributed by atoms with van der Waals surface area (Å²) in [7, 11) is 2.47. The van der Waals surface area contributed by atoms with E-state index in [9.17, 15) is 27.5 Å². The molecule has 42 heavy (non-hydrogen) atoms. The van der Waals surface area contributed by atoms with E-state index < -0.39 is 52.2 Å². The van der Waals surface area contributed by atoms with E-state index in [2.05, 4.69) is 15.3 Å². The van der Waals surface area contributed by atoms with Gasteiger partial charge in [0.2, 0.25) is 5.60 Å². The third-order valence-electron chi connectivity index (χ3n) is 6.43. The first-order valence-corrected chi connectivity index (χ1v) is 12.6. The molecule has 0 bridgehead atoms. The molecule has 0 spiro atoms. The minimum atomic E-state index is -5.36. The lowest BCUT2D eigenvalue weighted by Crippen LogP contribution is -2.56. The van der Waals surface area contributed by atoms with Crippen LogP contribution in [0.15, 0.2) is 53.6 Å². The van der Waals surface area contributed by atoms with Gasteiger partial charge in [-0.15, -0.1) is 0 Å². The minimum Gasteiger partial charge on any atom is -0.494 e. The van der Waals surface area contributed by atoms with Gasteiger partial charge in [0.05, 0.1) is 55.5 Å². The summed E-state index contributed by atoms with van der Waals surface area (Å²) in [4.78, 5) is 20.7. The first kappa shape index (κ1) is 30.9. The number of nitrogens with one attached hydrogen (secondary N) is 1. The number of hydrogen-bond donors (Lipinski definition) is 2. The summed E-state index contributed by atoms with van der Waals surface area (Å²) >= 11 is 6.17. The molecule has 4 aromatic rings. The van der Waals surface area contributed by atoms with Gasteiger partial charge in [0.25, 0.3) is 5.56 Å². The zero-order valence-electron chi connectivity index (χ0n) is 22.3. The van der Waals surface area contributed by atoms with Gasteiger partial charge in [0, 0.05) is 23.7 Å². The molecule has 0 saturated heterocycles. The molecule has 2 N–H and O–H groups in total. The Kier molecular flexibility index (Phi) is 8.89. The molecule has 0 amide bonds. The fourth-order valence-electron chi connectivity index (χ4n) is 4.35. The van der Waals surface area contributed by atoms with E-state index in [1.54, 1.807) is 0 Å². The lowest BCUT2D eigenvalue weighted by Gasteiger charge is -2.39. The summed E-state index contributed by atoms with van der Waals surface area (Å²) in [6.45, 7) is -0.0633. The topological polar surface area (TPSA) is 108 Å². The average molecular weight is 615 g/mol. The highest BCUT2D eigenvalue weighted by Gasteiger charge is 2.60. The van der Waals surface area contributed by atoms with E-state index in [0.29, 0.717) is 0 Å². The van der Waals surface area contributed by atoms with Crippen LogP contribution >= 0.6 is 11.6 Å². The van der Waals surface area contributed by atoms with Gasteiger partial charge < -0.3 is 24.6 Å². The van der Waals surface area contributed by atoms with Crippen molar-refractivity contribution >= 4 is 28.2 Å². The highest BCUT2D eigenvalue weighted by molar-refractivity contribution is 6.31. The number of aromatic nitrogens is 3. The number of benzene rings is 2. The summed E-state index contributed by atoms with van der Waals surface area (Å²) in [5.41, 5.74) is -5.13. The van der Waals surface area contributed by atoms with E-state index >= 15 is 4.39 Å². The number of ether oxygens (including phenoxy) is 3. The number of alkyl halides is 3. The van der Waals surface area contributed by atoms with Crippen molar-refractivity contribution in [2.45, 2.75) is 24.7 Å². The summed E-state index contributed by atoms with van der Waals surface area (Å²) in [6, 6.07) is 4.02. The average Bonchev–Trinajstić information content (AvgIpc) is 2.95. The Morgan fingerprint density at radius 1 is 1.07 bits per heavy atom. The molecule has 2 heterocycles. The SMILES string of the molecule is CCOCC(O)(C(Nc1cc(F)cc2c1ccc(=O)n2-c1cnc(OC)nc1)c1ccc(OC)c(F)c1Cl)C(F)(F)F. The van der Waals surface area contributed by atoms with Gasteiger partial charge in [-0.25, -0.2) is 18.7 Å². The number of anilines is 1. The lowest BCUT2D eigenvalue weighted by molar-refractivity contribution is -0.281. The van der Waals surface area contributed by atoms with Crippen LogP contribution in [-0.2, 0) is 4.74 Å². The molecule has 2 atom stereocenters. The maximum Gasteiger partial charge on any atom is 0.421 e. The van der Waals surface area contributed by atoms with Crippen molar-refractivity contribution in [2.75, 3.05) is 32.8 Å². The second-order valence-corrected chi connectivity index (χ2v) is 9.32. The molecule has 0 aliphatic heterocycles. The Balaban J connectivity index is 1.98. The van der Waals surface area contributed by atoms with Gasteiger partial charge in [0.1, 0.15) is 5.82 Å². The number of hydrogen-bond acceptors (Lipinski definition) is 8. The fraction of sp³-hybridized carbons (Fsp3) is 0.296. The van der Waals surface area contributed by atoms with Crippen LogP contribution in [0.4, 0.5) is 27.6 Å². The molecule has 0 aliphatic rings. The standard InChI is InChI=1S/C27H24ClF5N4O5/c1-4-42-13-26(39,27(31,32)33)24(17-5-7-20(40-2)23(30)22(17)28)36-18-9-14(29)10-19-16(18)6-8-21(38)37(19)15-11-34-25(41-3)35-12-15/h5-12,24,36,39H,4,13H2,1-3H3. The Morgan fingerprint density at radius 3 is 2.36 bits per heavy atom. The molecule has 0 saturated carbocycles. The molecule has 2 aromatic carbocycles. The molecule has 224 valence electrons. The molecular formula is C27H24ClF5N4O5. The van der Waals surface area contributed by atoms with Gasteiger partial charge in [0.15, 0.2) is 11.6 Å². The second kappa shape index (κ2) is 12.1. The molecule has 2 aromatic heterocycles. The molecule has 15 heteroatoms. The van der Waals surface area contributed by atoms with Crippen LogP contribution < -0.4 is 20.3 Å². The molecule has 2 unspecified atom stereocenters. The molecule has 4 rings (SSSR count). The Hall–Kier alpha value is -4.01. The first-order chi connectivity index (χ1) is 19.9. The van der Waals surface area contributed by atoms with Crippen molar-refractivity contribution in [1.29, 1.82) is 0 Å². The van der Waals surface area contributed by atoms with Crippen molar-refractivity contribution in [2.24, 2.45) is 0 Å². The number of pyridine rings is 1. The Morgan fingerprint density at radius 2 is 1.76 bits per heavy atom. The van der Waals surface area contributed by atoms with E-state index in [1.807, 2.05) is 0 Å². The quantitative estimate of drug-likeness (QED) is 0.235. The molecular weight excluding hydrogens is 591 g/mol. The molecule has 0 aliphatic carbocycles. The Bertz CT molecular complexity index is 1650. The monoisotopic (exact) mass is 614 g/mol. The second-order valence-electron chi connectivity index (χ2n) is 8.94. The van der Waals surface area contributed by atoms with Crippen LogP contribution in [0.2, 0.25) is 5.02 Å². The maximum absolute atomic E-state index is 15.1. The predicted molar refractivity (Wildman–Crippen MR) is 143 cm³/mol. The number of methoxy groups -OCH3 is 2. The predicted octanol–water partition coefficient (Wildman–Crippen LogP) is 5.21. The molecule has 0 fully saturated rings.